The lowest BCUT2D eigenvalue weighted by molar-refractivity contribution is 0.672. The van der Waals surface area contributed by atoms with Crippen LogP contribution in [0.2, 0.25) is 0 Å². The molecule has 0 bridgehead atoms. The van der Waals surface area contributed by atoms with E-state index in [0.29, 0.717) is 6.54 Å². The summed E-state index contributed by atoms with van der Waals surface area (Å²) >= 11 is 0. The second kappa shape index (κ2) is 15.2. The minimum Gasteiger partial charge on any atom is -0.455 e. The molecule has 0 radical (unpaired) electrons. The van der Waals surface area contributed by atoms with E-state index in [1.165, 1.54) is 49.6 Å². The molecule has 1 aliphatic rings. The Labute approximate surface area is 345 Å². The van der Waals surface area contributed by atoms with E-state index in [4.69, 9.17) is 4.42 Å². The first-order chi connectivity index (χ1) is 29.1. The van der Waals surface area contributed by atoms with Crippen molar-refractivity contribution in [2.24, 2.45) is 0 Å². The van der Waals surface area contributed by atoms with Gasteiger partial charge in [-0.25, -0.2) is 0 Å². The fourth-order valence-corrected chi connectivity index (χ4v) is 9.38. The predicted octanol–water partition coefficient (Wildman–Crippen LogP) is 14.9. The lowest BCUT2D eigenvalue weighted by Gasteiger charge is -2.34. The second-order valence-electron chi connectivity index (χ2n) is 15.3. The smallest absolute Gasteiger partial charge is 0.143 e. The standard InChI is InChI=1S/C57H43NO/c1-3-4-26-46(38-41-33-36-55-52(39-41)51-35-34-43-20-12-14-28-49(43)56(51)59-55)58(54-32-17-21-42-19-11-13-27-48(42)54)37-18-30-47-40(2)57(44-22-7-5-8-23-44,45-24-9-6-10-25-45)53-31-16-15-29-50(47)53/h3-36,38-39H,1,37H2,2H3/b26-4-,30-18-,46-38-. The third-order valence-corrected chi connectivity index (χ3v) is 12.0. The van der Waals surface area contributed by atoms with Crippen LogP contribution in [-0.2, 0) is 5.41 Å². The van der Waals surface area contributed by atoms with Gasteiger partial charge in [0.1, 0.15) is 11.2 Å². The summed E-state index contributed by atoms with van der Waals surface area (Å²) in [7, 11) is 0. The molecule has 0 amide bonds. The van der Waals surface area contributed by atoms with Crippen molar-refractivity contribution in [1.82, 2.24) is 0 Å². The van der Waals surface area contributed by atoms with Gasteiger partial charge in [-0.1, -0.05) is 189 Å². The summed E-state index contributed by atoms with van der Waals surface area (Å²) in [4.78, 5) is 2.42. The molecule has 1 aromatic heterocycles. The molecule has 0 saturated heterocycles. The normalized spacial score (nSPS) is 14.0. The number of allylic oxidation sites excluding steroid dienone is 6. The van der Waals surface area contributed by atoms with Gasteiger partial charge in [0.15, 0.2) is 0 Å². The van der Waals surface area contributed by atoms with Crippen molar-refractivity contribution >= 4 is 60.8 Å². The lowest BCUT2D eigenvalue weighted by atomic mass is 9.67. The number of anilines is 1. The fourth-order valence-electron chi connectivity index (χ4n) is 9.38. The number of nitrogens with zero attached hydrogens (tertiary/aromatic N) is 1. The van der Waals surface area contributed by atoms with Crippen molar-refractivity contribution in [1.29, 1.82) is 0 Å². The van der Waals surface area contributed by atoms with E-state index < -0.39 is 5.41 Å². The van der Waals surface area contributed by atoms with Crippen molar-refractivity contribution in [3.63, 3.8) is 0 Å². The van der Waals surface area contributed by atoms with Crippen LogP contribution >= 0.6 is 0 Å². The van der Waals surface area contributed by atoms with Gasteiger partial charge in [-0.3, -0.25) is 0 Å². The SMILES string of the molecule is C=C/C=C\C(=C\c1ccc2oc3c4ccccc4ccc3c2c1)N(C/C=C\C1=C(C)C(c2ccccc2)(c2ccccc2)c2ccccc21)c1cccc2ccccc12. The van der Waals surface area contributed by atoms with Crippen LogP contribution in [-0.4, -0.2) is 6.54 Å². The third-order valence-electron chi connectivity index (χ3n) is 12.0. The molecule has 1 aliphatic carbocycles. The number of hydrogen-bond acceptors (Lipinski definition) is 2. The van der Waals surface area contributed by atoms with E-state index in [0.717, 1.165) is 44.3 Å². The van der Waals surface area contributed by atoms with Crippen LogP contribution in [0, 0.1) is 0 Å². The average Bonchev–Trinajstić information content (AvgIpc) is 3.79. The Balaban J connectivity index is 1.12. The van der Waals surface area contributed by atoms with E-state index >= 15 is 0 Å². The largest absolute Gasteiger partial charge is 0.455 e. The van der Waals surface area contributed by atoms with Gasteiger partial charge >= 0.3 is 0 Å². The quantitative estimate of drug-likeness (QED) is 0.129. The summed E-state index contributed by atoms with van der Waals surface area (Å²) in [6, 6.07) is 65.4. The fraction of sp³-hybridized carbons (Fsp3) is 0.0526. The molecule has 1 heterocycles. The monoisotopic (exact) mass is 757 g/mol. The van der Waals surface area contributed by atoms with E-state index in [2.05, 4.69) is 225 Å². The number of benzene rings is 8. The van der Waals surface area contributed by atoms with Gasteiger partial charge < -0.3 is 9.32 Å². The number of furan rings is 1. The minimum atomic E-state index is -0.409. The number of fused-ring (bicyclic) bond motifs is 7. The van der Waals surface area contributed by atoms with Crippen LogP contribution in [0.3, 0.4) is 0 Å². The first kappa shape index (κ1) is 36.0. The molecule has 2 nitrogen and oxygen atoms in total. The van der Waals surface area contributed by atoms with Crippen LogP contribution in [0.1, 0.15) is 34.7 Å². The van der Waals surface area contributed by atoms with Crippen LogP contribution in [0.25, 0.3) is 55.1 Å². The summed E-state index contributed by atoms with van der Waals surface area (Å²) in [6.45, 7) is 7.01. The molecule has 0 N–H and O–H groups in total. The summed E-state index contributed by atoms with van der Waals surface area (Å²) in [5, 5.41) is 6.91. The Morgan fingerprint density at radius 3 is 2.05 bits per heavy atom. The van der Waals surface area contributed by atoms with E-state index in [9.17, 15) is 0 Å². The van der Waals surface area contributed by atoms with Crippen molar-refractivity contribution in [2.45, 2.75) is 12.3 Å². The van der Waals surface area contributed by atoms with Gasteiger partial charge in [-0.15, -0.1) is 0 Å². The van der Waals surface area contributed by atoms with Gasteiger partial charge in [0.05, 0.1) is 5.41 Å². The predicted molar refractivity (Wildman–Crippen MR) is 251 cm³/mol. The Morgan fingerprint density at radius 2 is 1.29 bits per heavy atom. The Kier molecular flexibility index (Phi) is 9.24. The summed E-state index contributed by atoms with van der Waals surface area (Å²) in [6.07, 6.45) is 13.0. The van der Waals surface area contributed by atoms with Crippen LogP contribution in [0.15, 0.2) is 235 Å². The summed E-state index contributed by atoms with van der Waals surface area (Å²) in [5.74, 6) is 0. The Morgan fingerprint density at radius 1 is 0.627 bits per heavy atom. The molecule has 8 aromatic carbocycles. The maximum Gasteiger partial charge on any atom is 0.143 e. The molecule has 2 heteroatoms. The minimum absolute atomic E-state index is 0.409. The molecule has 282 valence electrons. The van der Waals surface area contributed by atoms with Gasteiger partial charge in [0.25, 0.3) is 0 Å². The highest BCUT2D eigenvalue weighted by atomic mass is 16.3. The maximum atomic E-state index is 6.49. The van der Waals surface area contributed by atoms with Crippen LogP contribution in [0.4, 0.5) is 5.69 Å². The summed E-state index contributed by atoms with van der Waals surface area (Å²) < 4.78 is 6.49. The number of rotatable bonds is 10. The molecule has 9 aromatic rings. The molecule has 59 heavy (non-hydrogen) atoms. The topological polar surface area (TPSA) is 16.4 Å². The first-order valence-electron chi connectivity index (χ1n) is 20.3. The highest BCUT2D eigenvalue weighted by molar-refractivity contribution is 6.15. The van der Waals surface area contributed by atoms with Crippen molar-refractivity contribution < 1.29 is 4.42 Å². The molecule has 0 saturated carbocycles. The molecular formula is C57H43NO. The van der Waals surface area contributed by atoms with Gasteiger partial charge in [0.2, 0.25) is 0 Å². The van der Waals surface area contributed by atoms with Gasteiger partial charge in [-0.2, -0.15) is 0 Å². The van der Waals surface area contributed by atoms with Gasteiger partial charge in [0, 0.05) is 39.5 Å². The zero-order valence-electron chi connectivity index (χ0n) is 33.1. The molecule has 0 atom stereocenters. The molecule has 0 aliphatic heterocycles. The van der Waals surface area contributed by atoms with Gasteiger partial charge in [-0.05, 0) is 93.1 Å². The van der Waals surface area contributed by atoms with E-state index in [1.54, 1.807) is 0 Å². The maximum absolute atomic E-state index is 6.49. The number of hydrogen-bond donors (Lipinski definition) is 0. The molecule has 0 fully saturated rings. The Bertz CT molecular complexity index is 3110. The van der Waals surface area contributed by atoms with Crippen molar-refractivity contribution in [3.8, 4) is 0 Å². The highest BCUT2D eigenvalue weighted by Crippen LogP contribution is 2.54. The molecule has 0 unspecified atom stereocenters. The zero-order valence-corrected chi connectivity index (χ0v) is 33.1. The van der Waals surface area contributed by atoms with E-state index in [1.807, 2.05) is 12.2 Å². The summed E-state index contributed by atoms with van der Waals surface area (Å²) in [5.41, 5.74) is 12.4. The zero-order chi connectivity index (χ0) is 39.8. The van der Waals surface area contributed by atoms with E-state index in [-0.39, 0.29) is 0 Å². The average molecular weight is 758 g/mol. The van der Waals surface area contributed by atoms with Crippen LogP contribution in [0.5, 0.6) is 0 Å². The van der Waals surface area contributed by atoms with Crippen LogP contribution < -0.4 is 4.90 Å². The third kappa shape index (κ3) is 6.13. The molecule has 10 rings (SSSR count). The van der Waals surface area contributed by atoms with Crippen molar-refractivity contribution in [3.05, 3.63) is 258 Å². The Hall–Kier alpha value is -7.42. The second-order valence-corrected chi connectivity index (χ2v) is 15.3. The highest BCUT2D eigenvalue weighted by Gasteiger charge is 2.45. The molecular weight excluding hydrogens is 715 g/mol. The molecule has 0 spiro atoms. The van der Waals surface area contributed by atoms with Crippen molar-refractivity contribution in [2.75, 3.05) is 11.4 Å². The lowest BCUT2D eigenvalue weighted by Crippen LogP contribution is -2.28. The first-order valence-corrected chi connectivity index (χ1v) is 20.3.